The van der Waals surface area contributed by atoms with Crippen LogP contribution in [-0.2, 0) is 5.75 Å². The average Bonchev–Trinajstić information content (AvgIpc) is 3.04. The van der Waals surface area contributed by atoms with Gasteiger partial charge >= 0.3 is 0 Å². The normalized spacial score (nSPS) is 20.0. The molecule has 1 fully saturated rings. The molecule has 0 saturated carbocycles. The van der Waals surface area contributed by atoms with E-state index in [0.29, 0.717) is 0 Å². The second-order valence-electron chi connectivity index (χ2n) is 5.63. The minimum absolute atomic E-state index is 0. The fourth-order valence-electron chi connectivity index (χ4n) is 2.51. The lowest BCUT2D eigenvalue weighted by Gasteiger charge is -2.30. The summed E-state index contributed by atoms with van der Waals surface area (Å²) >= 11 is 1.82. The summed E-state index contributed by atoms with van der Waals surface area (Å²) in [6.07, 6.45) is 0. The molecule has 1 aliphatic rings. The summed E-state index contributed by atoms with van der Waals surface area (Å²) in [4.78, 5) is 6.89. The summed E-state index contributed by atoms with van der Waals surface area (Å²) in [5.74, 6) is 2.46. The third-order valence-electron chi connectivity index (χ3n) is 3.96. The molecule has 2 unspecified atom stereocenters. The van der Waals surface area contributed by atoms with E-state index >= 15 is 0 Å². The maximum absolute atomic E-state index is 5.48. The Bertz CT molecular complexity index is 595. The van der Waals surface area contributed by atoms with E-state index in [1.165, 1.54) is 5.56 Å². The maximum Gasteiger partial charge on any atom is 0.239 e. The Labute approximate surface area is 147 Å². The number of nitrogens with one attached hydrogen (secondary N) is 1. The predicted molar refractivity (Wildman–Crippen MR) is 95.9 cm³/mol. The van der Waals surface area contributed by atoms with Crippen molar-refractivity contribution < 1.29 is 4.52 Å². The molecule has 1 saturated heterocycles. The number of nitrogens with zero attached hydrogens (tertiary/aromatic N) is 3. The summed E-state index contributed by atoms with van der Waals surface area (Å²) in [6, 6.07) is 10.7. The van der Waals surface area contributed by atoms with Crippen LogP contribution in [0, 0.1) is 0 Å². The van der Waals surface area contributed by atoms with Gasteiger partial charge in [0, 0.05) is 25.4 Å². The van der Waals surface area contributed by atoms with Gasteiger partial charge in [-0.1, -0.05) is 35.5 Å². The summed E-state index contributed by atoms with van der Waals surface area (Å²) in [5, 5.41) is 7.76. The lowest BCUT2D eigenvalue weighted by atomic mass is 10.2. The fourth-order valence-corrected chi connectivity index (χ4v) is 3.38. The minimum atomic E-state index is 0. The molecule has 7 heteroatoms. The van der Waals surface area contributed by atoms with Gasteiger partial charge in [0.15, 0.2) is 5.82 Å². The number of benzene rings is 1. The highest BCUT2D eigenvalue weighted by molar-refractivity contribution is 7.98. The molecule has 2 heterocycles. The van der Waals surface area contributed by atoms with E-state index < -0.39 is 0 Å². The molecule has 0 radical (unpaired) electrons. The van der Waals surface area contributed by atoms with E-state index in [4.69, 9.17) is 4.52 Å². The number of halogens is 1. The van der Waals surface area contributed by atoms with E-state index in [-0.39, 0.29) is 23.7 Å². The van der Waals surface area contributed by atoms with Crippen molar-refractivity contribution >= 4 is 24.2 Å². The Balaban J connectivity index is 0.00000192. The van der Waals surface area contributed by atoms with Crippen LogP contribution in [0.15, 0.2) is 34.9 Å². The molecule has 1 N–H and O–H groups in total. The molecule has 2 aromatic rings. The first-order chi connectivity index (χ1) is 10.7. The van der Waals surface area contributed by atoms with Crippen LogP contribution in [-0.4, -0.2) is 41.7 Å². The standard InChI is InChI=1S/C16H22N4OS.ClH/c1-12(22-11-13-6-4-3-5-7-13)16-18-15(19-21-16)14-10-17-8-9-20(14)2;/h3-7,12,14,17H,8-11H2,1-2H3;1H. The van der Waals surface area contributed by atoms with Crippen LogP contribution < -0.4 is 5.32 Å². The van der Waals surface area contributed by atoms with Crippen LogP contribution in [0.5, 0.6) is 0 Å². The molecule has 0 spiro atoms. The van der Waals surface area contributed by atoms with Gasteiger partial charge in [-0.25, -0.2) is 0 Å². The molecule has 126 valence electrons. The first-order valence-corrected chi connectivity index (χ1v) is 8.69. The van der Waals surface area contributed by atoms with Gasteiger partial charge in [-0.2, -0.15) is 4.98 Å². The SMILES string of the molecule is CC(SCc1ccccc1)c1nc(C2CNCCN2C)no1.Cl. The number of hydrogen-bond donors (Lipinski definition) is 1. The molecular weight excluding hydrogens is 332 g/mol. The number of rotatable bonds is 5. The molecule has 0 aliphatic carbocycles. The van der Waals surface area contributed by atoms with Crippen molar-refractivity contribution in [3.05, 3.63) is 47.6 Å². The van der Waals surface area contributed by atoms with E-state index in [9.17, 15) is 0 Å². The van der Waals surface area contributed by atoms with Gasteiger partial charge in [0.05, 0.1) is 11.3 Å². The zero-order chi connectivity index (χ0) is 15.4. The Morgan fingerprint density at radius 3 is 2.91 bits per heavy atom. The van der Waals surface area contributed by atoms with Crippen LogP contribution in [0.3, 0.4) is 0 Å². The molecule has 1 aromatic carbocycles. The third kappa shape index (κ3) is 4.70. The Morgan fingerprint density at radius 2 is 2.17 bits per heavy atom. The lowest BCUT2D eigenvalue weighted by molar-refractivity contribution is 0.190. The number of hydrogen-bond acceptors (Lipinski definition) is 6. The monoisotopic (exact) mass is 354 g/mol. The first kappa shape index (κ1) is 18.3. The summed E-state index contributed by atoms with van der Waals surface area (Å²) in [6.45, 7) is 5.02. The number of aromatic nitrogens is 2. The van der Waals surface area contributed by atoms with Crippen molar-refractivity contribution in [3.8, 4) is 0 Å². The van der Waals surface area contributed by atoms with E-state index in [0.717, 1.165) is 37.1 Å². The molecule has 1 aliphatic heterocycles. The molecule has 23 heavy (non-hydrogen) atoms. The highest BCUT2D eigenvalue weighted by atomic mass is 35.5. The number of thioether (sulfide) groups is 1. The Kier molecular flexibility index (Phi) is 6.89. The third-order valence-corrected chi connectivity index (χ3v) is 5.16. The second-order valence-corrected chi connectivity index (χ2v) is 6.96. The molecular formula is C16H23ClN4OS. The van der Waals surface area contributed by atoms with Crippen LogP contribution in [0.1, 0.15) is 35.5 Å². The molecule has 2 atom stereocenters. The topological polar surface area (TPSA) is 54.2 Å². The zero-order valence-corrected chi connectivity index (χ0v) is 15.1. The van der Waals surface area contributed by atoms with Gasteiger partial charge in [0.25, 0.3) is 0 Å². The van der Waals surface area contributed by atoms with Gasteiger partial charge in [0.1, 0.15) is 0 Å². The molecule has 0 amide bonds. The summed E-state index contributed by atoms with van der Waals surface area (Å²) < 4.78 is 5.48. The Morgan fingerprint density at radius 1 is 1.39 bits per heavy atom. The van der Waals surface area contributed by atoms with Crippen molar-refractivity contribution in [1.29, 1.82) is 0 Å². The largest absolute Gasteiger partial charge is 0.338 e. The lowest BCUT2D eigenvalue weighted by Crippen LogP contribution is -2.44. The van der Waals surface area contributed by atoms with E-state index in [2.05, 4.69) is 58.6 Å². The van der Waals surface area contributed by atoms with Gasteiger partial charge in [-0.15, -0.1) is 24.2 Å². The van der Waals surface area contributed by atoms with Crippen molar-refractivity contribution in [2.45, 2.75) is 24.0 Å². The quantitative estimate of drug-likeness (QED) is 0.890. The molecule has 0 bridgehead atoms. The smallest absolute Gasteiger partial charge is 0.239 e. The van der Waals surface area contributed by atoms with Gasteiger partial charge in [-0.3, -0.25) is 4.90 Å². The van der Waals surface area contributed by atoms with Crippen molar-refractivity contribution in [2.24, 2.45) is 0 Å². The molecule has 5 nitrogen and oxygen atoms in total. The summed E-state index contributed by atoms with van der Waals surface area (Å²) in [5.41, 5.74) is 1.32. The van der Waals surface area contributed by atoms with Gasteiger partial charge < -0.3 is 9.84 Å². The molecule has 1 aromatic heterocycles. The van der Waals surface area contributed by atoms with E-state index in [1.54, 1.807) is 0 Å². The maximum atomic E-state index is 5.48. The van der Waals surface area contributed by atoms with Gasteiger partial charge in [-0.05, 0) is 19.5 Å². The number of piperazine rings is 1. The number of likely N-dealkylation sites (N-methyl/N-ethyl adjacent to an activating group) is 1. The van der Waals surface area contributed by atoms with Crippen LogP contribution in [0.2, 0.25) is 0 Å². The second kappa shape index (κ2) is 8.68. The predicted octanol–water partition coefficient (Wildman–Crippen LogP) is 3.06. The fraction of sp³-hybridized carbons (Fsp3) is 0.500. The van der Waals surface area contributed by atoms with Crippen molar-refractivity contribution in [3.63, 3.8) is 0 Å². The molecule has 3 rings (SSSR count). The van der Waals surface area contributed by atoms with Crippen LogP contribution in [0.25, 0.3) is 0 Å². The highest BCUT2D eigenvalue weighted by Gasteiger charge is 2.26. The van der Waals surface area contributed by atoms with Gasteiger partial charge in [0.2, 0.25) is 5.89 Å². The van der Waals surface area contributed by atoms with Crippen molar-refractivity contribution in [1.82, 2.24) is 20.4 Å². The minimum Gasteiger partial charge on any atom is -0.338 e. The van der Waals surface area contributed by atoms with Crippen molar-refractivity contribution in [2.75, 3.05) is 26.7 Å². The Hall–Kier alpha value is -1.08. The van der Waals surface area contributed by atoms with Crippen LogP contribution >= 0.6 is 24.2 Å². The van der Waals surface area contributed by atoms with E-state index in [1.807, 2.05) is 17.8 Å². The zero-order valence-electron chi connectivity index (χ0n) is 13.4. The average molecular weight is 355 g/mol. The summed E-state index contributed by atoms with van der Waals surface area (Å²) in [7, 11) is 2.11. The van der Waals surface area contributed by atoms with Crippen LogP contribution in [0.4, 0.5) is 0 Å². The first-order valence-electron chi connectivity index (χ1n) is 7.64. The highest BCUT2D eigenvalue weighted by Crippen LogP contribution is 2.31.